The highest BCUT2D eigenvalue weighted by Gasteiger charge is 2.33. The van der Waals surface area contributed by atoms with Gasteiger partial charge in [0.2, 0.25) is 0 Å². The molecule has 9 heteroatoms. The second-order valence-electron chi connectivity index (χ2n) is 5.72. The first-order valence-electron chi connectivity index (χ1n) is 7.89. The summed E-state index contributed by atoms with van der Waals surface area (Å²) < 4.78 is 46.1. The average Bonchev–Trinajstić information content (AvgIpc) is 3.14. The van der Waals surface area contributed by atoms with Crippen LogP contribution >= 0.6 is 0 Å². The highest BCUT2D eigenvalue weighted by atomic mass is 19.4. The summed E-state index contributed by atoms with van der Waals surface area (Å²) in [7, 11) is 0. The molecule has 1 heterocycles. The topological polar surface area (TPSA) is 69.0 Å². The maximum absolute atomic E-state index is 13.0. The van der Waals surface area contributed by atoms with Crippen LogP contribution in [-0.2, 0) is 11.0 Å². The van der Waals surface area contributed by atoms with E-state index in [1.165, 1.54) is 30.9 Å². The summed E-state index contributed by atoms with van der Waals surface area (Å²) in [5.74, 6) is -0.332. The predicted octanol–water partition coefficient (Wildman–Crippen LogP) is 3.61. The van der Waals surface area contributed by atoms with Gasteiger partial charge in [0.1, 0.15) is 18.4 Å². The minimum atomic E-state index is -4.57. The number of aromatic nitrogens is 3. The van der Waals surface area contributed by atoms with E-state index < -0.39 is 24.3 Å². The van der Waals surface area contributed by atoms with E-state index in [9.17, 15) is 18.0 Å². The van der Waals surface area contributed by atoms with Gasteiger partial charge in [0.05, 0.1) is 16.9 Å². The quantitative estimate of drug-likeness (QED) is 0.739. The van der Waals surface area contributed by atoms with Crippen molar-refractivity contribution in [2.45, 2.75) is 13.1 Å². The number of amides is 1. The van der Waals surface area contributed by atoms with Crippen LogP contribution in [0.25, 0.3) is 5.69 Å². The Morgan fingerprint density at radius 3 is 2.56 bits per heavy atom. The third-order valence-corrected chi connectivity index (χ3v) is 3.68. The van der Waals surface area contributed by atoms with Crippen molar-refractivity contribution in [3.63, 3.8) is 0 Å². The summed E-state index contributed by atoms with van der Waals surface area (Å²) in [5, 5.41) is 9.69. The fourth-order valence-corrected chi connectivity index (χ4v) is 2.45. The highest BCUT2D eigenvalue weighted by molar-refractivity contribution is 5.92. The van der Waals surface area contributed by atoms with Crippen molar-refractivity contribution < 1.29 is 22.7 Å². The van der Waals surface area contributed by atoms with E-state index in [0.29, 0.717) is 11.4 Å². The lowest BCUT2D eigenvalue weighted by molar-refractivity contribution is -0.137. The number of nitrogens with one attached hydrogen (secondary N) is 1. The maximum atomic E-state index is 13.0. The van der Waals surface area contributed by atoms with E-state index in [1.807, 2.05) is 13.0 Å². The molecule has 1 amide bonds. The van der Waals surface area contributed by atoms with Gasteiger partial charge in [-0.15, -0.1) is 10.2 Å². The number of alkyl halides is 3. The van der Waals surface area contributed by atoms with E-state index in [4.69, 9.17) is 4.74 Å². The van der Waals surface area contributed by atoms with Crippen molar-refractivity contribution >= 4 is 11.6 Å². The third-order valence-electron chi connectivity index (χ3n) is 3.68. The van der Waals surface area contributed by atoms with Crippen LogP contribution in [0.4, 0.5) is 18.9 Å². The van der Waals surface area contributed by atoms with Gasteiger partial charge in [-0.25, -0.2) is 0 Å². The fraction of sp³-hybridized carbons (Fsp3) is 0.167. The van der Waals surface area contributed by atoms with Gasteiger partial charge < -0.3 is 10.1 Å². The number of hydrogen-bond acceptors (Lipinski definition) is 4. The van der Waals surface area contributed by atoms with Crippen molar-refractivity contribution in [1.82, 2.24) is 14.8 Å². The molecule has 0 bridgehead atoms. The number of hydrogen-bond donors (Lipinski definition) is 1. The molecule has 0 aliphatic carbocycles. The van der Waals surface area contributed by atoms with Crippen molar-refractivity contribution in [2.75, 3.05) is 11.9 Å². The number of aryl methyl sites for hydroxylation is 1. The number of benzene rings is 2. The van der Waals surface area contributed by atoms with Crippen LogP contribution in [-0.4, -0.2) is 27.3 Å². The van der Waals surface area contributed by atoms with Gasteiger partial charge in [0, 0.05) is 0 Å². The molecular weight excluding hydrogens is 361 g/mol. The number of anilines is 1. The second-order valence-corrected chi connectivity index (χ2v) is 5.72. The molecule has 0 unspecified atom stereocenters. The third kappa shape index (κ3) is 4.43. The maximum Gasteiger partial charge on any atom is 0.418 e. The SMILES string of the molecule is Cc1ccc(OCC(=O)Nc2ccccc2C(F)(F)F)c(-n2cnnc2)c1. The molecule has 140 valence electrons. The smallest absolute Gasteiger partial charge is 0.418 e. The van der Waals surface area contributed by atoms with Crippen LogP contribution in [0, 0.1) is 6.92 Å². The second kappa shape index (κ2) is 7.48. The Hall–Kier alpha value is -3.36. The summed E-state index contributed by atoms with van der Waals surface area (Å²) in [5.41, 5.74) is 0.332. The molecule has 3 aromatic rings. The highest BCUT2D eigenvalue weighted by Crippen LogP contribution is 2.34. The van der Waals surface area contributed by atoms with Crippen LogP contribution in [0.15, 0.2) is 55.1 Å². The Kier molecular flexibility index (Phi) is 5.11. The van der Waals surface area contributed by atoms with Crippen LogP contribution < -0.4 is 10.1 Å². The van der Waals surface area contributed by atoms with Crippen molar-refractivity contribution in [2.24, 2.45) is 0 Å². The standard InChI is InChI=1S/C18H15F3N4O2/c1-12-6-7-16(15(8-12)25-10-22-23-11-25)27-9-17(26)24-14-5-3-2-4-13(14)18(19,20)21/h2-8,10-11H,9H2,1H3,(H,24,26). The molecule has 0 atom stereocenters. The Balaban J connectivity index is 1.73. The van der Waals surface area contributed by atoms with E-state index in [-0.39, 0.29) is 5.69 Å². The summed E-state index contributed by atoms with van der Waals surface area (Å²) in [6.07, 6.45) is -1.62. The first-order chi connectivity index (χ1) is 12.8. The number of para-hydroxylation sites is 1. The summed E-state index contributed by atoms with van der Waals surface area (Å²) >= 11 is 0. The molecule has 0 aliphatic rings. The summed E-state index contributed by atoms with van der Waals surface area (Å²) in [6.45, 7) is 1.43. The van der Waals surface area contributed by atoms with E-state index in [0.717, 1.165) is 11.6 Å². The van der Waals surface area contributed by atoms with Gasteiger partial charge in [-0.1, -0.05) is 18.2 Å². The Bertz CT molecular complexity index is 940. The number of rotatable bonds is 5. The molecule has 6 nitrogen and oxygen atoms in total. The van der Waals surface area contributed by atoms with E-state index in [1.54, 1.807) is 16.7 Å². The minimum Gasteiger partial charge on any atom is -0.482 e. The molecule has 2 aromatic carbocycles. The van der Waals surface area contributed by atoms with Gasteiger partial charge in [0.25, 0.3) is 5.91 Å². The monoisotopic (exact) mass is 376 g/mol. The van der Waals surface area contributed by atoms with Crippen molar-refractivity contribution in [1.29, 1.82) is 0 Å². The Labute approximate surface area is 152 Å². The van der Waals surface area contributed by atoms with Gasteiger partial charge in [-0.05, 0) is 36.8 Å². The molecule has 0 radical (unpaired) electrons. The summed E-state index contributed by atoms with van der Waals surface area (Å²) in [4.78, 5) is 12.1. The summed E-state index contributed by atoms with van der Waals surface area (Å²) in [6, 6.07) is 10.0. The molecule has 27 heavy (non-hydrogen) atoms. The average molecular weight is 376 g/mol. The van der Waals surface area contributed by atoms with Crippen molar-refractivity contribution in [3.05, 3.63) is 66.2 Å². The van der Waals surface area contributed by atoms with Crippen molar-refractivity contribution in [3.8, 4) is 11.4 Å². The molecular formula is C18H15F3N4O2. The first kappa shape index (κ1) is 18.4. The molecule has 0 spiro atoms. The molecule has 1 aromatic heterocycles. The zero-order valence-electron chi connectivity index (χ0n) is 14.2. The van der Waals surface area contributed by atoms with Crippen LogP contribution in [0.3, 0.4) is 0 Å². The fourth-order valence-electron chi connectivity index (χ4n) is 2.45. The first-order valence-corrected chi connectivity index (χ1v) is 7.89. The lowest BCUT2D eigenvalue weighted by Crippen LogP contribution is -2.22. The van der Waals surface area contributed by atoms with E-state index >= 15 is 0 Å². The minimum absolute atomic E-state index is 0.318. The van der Waals surface area contributed by atoms with Gasteiger partial charge in [-0.3, -0.25) is 9.36 Å². The van der Waals surface area contributed by atoms with Gasteiger partial charge >= 0.3 is 6.18 Å². The normalized spacial score (nSPS) is 11.3. The molecule has 1 N–H and O–H groups in total. The zero-order valence-corrected chi connectivity index (χ0v) is 14.2. The Morgan fingerprint density at radius 1 is 1.15 bits per heavy atom. The van der Waals surface area contributed by atoms with Crippen LogP contribution in [0.5, 0.6) is 5.75 Å². The number of nitrogens with zero attached hydrogens (tertiary/aromatic N) is 3. The molecule has 0 saturated carbocycles. The number of carbonyl (C=O) groups is 1. The molecule has 0 fully saturated rings. The lowest BCUT2D eigenvalue weighted by atomic mass is 10.1. The molecule has 0 saturated heterocycles. The number of ether oxygens (including phenoxy) is 1. The van der Waals surface area contributed by atoms with Crippen LogP contribution in [0.2, 0.25) is 0 Å². The Morgan fingerprint density at radius 2 is 1.85 bits per heavy atom. The number of halogens is 3. The predicted molar refractivity (Wildman–Crippen MR) is 91.7 cm³/mol. The molecule has 3 rings (SSSR count). The molecule has 0 aliphatic heterocycles. The van der Waals surface area contributed by atoms with Crippen LogP contribution in [0.1, 0.15) is 11.1 Å². The van der Waals surface area contributed by atoms with Gasteiger partial charge in [-0.2, -0.15) is 13.2 Å². The zero-order chi connectivity index (χ0) is 19.4. The van der Waals surface area contributed by atoms with E-state index in [2.05, 4.69) is 15.5 Å². The largest absolute Gasteiger partial charge is 0.482 e. The number of carbonyl (C=O) groups excluding carboxylic acids is 1. The lowest BCUT2D eigenvalue weighted by Gasteiger charge is -2.15. The van der Waals surface area contributed by atoms with Gasteiger partial charge in [0.15, 0.2) is 6.61 Å².